The maximum atomic E-state index is 11.4. The Morgan fingerprint density at radius 3 is 2.60 bits per heavy atom. The van der Waals surface area contributed by atoms with Crippen LogP contribution in [0.15, 0.2) is 33.6 Å². The summed E-state index contributed by atoms with van der Waals surface area (Å²) in [4.78, 5) is 12.6. The zero-order valence-electron chi connectivity index (χ0n) is 8.83. The van der Waals surface area contributed by atoms with Crippen LogP contribution >= 0.6 is 27.7 Å². The monoisotopic (exact) mass is 286 g/mol. The highest BCUT2D eigenvalue weighted by atomic mass is 79.9. The molecule has 0 atom stereocenters. The van der Waals surface area contributed by atoms with Crippen LogP contribution in [0.5, 0.6) is 0 Å². The van der Waals surface area contributed by atoms with E-state index in [1.807, 2.05) is 24.3 Å². The van der Waals surface area contributed by atoms with E-state index in [-0.39, 0.29) is 0 Å². The van der Waals surface area contributed by atoms with Crippen molar-refractivity contribution in [3.05, 3.63) is 28.7 Å². The fraction of sp³-hybridized carbons (Fsp3) is 0.417. The van der Waals surface area contributed by atoms with Crippen molar-refractivity contribution in [3.8, 4) is 0 Å². The molecule has 1 rings (SSSR count). The van der Waals surface area contributed by atoms with Gasteiger partial charge in [0.15, 0.2) is 0 Å². The van der Waals surface area contributed by atoms with Crippen LogP contribution in [-0.4, -0.2) is 11.5 Å². The van der Waals surface area contributed by atoms with E-state index in [9.17, 15) is 4.79 Å². The molecule has 0 unspecified atom stereocenters. The molecule has 0 saturated carbocycles. The van der Waals surface area contributed by atoms with Gasteiger partial charge in [0.25, 0.3) is 0 Å². The molecule has 0 saturated heterocycles. The van der Waals surface area contributed by atoms with E-state index >= 15 is 0 Å². The first-order valence-corrected chi connectivity index (χ1v) is 6.90. The molecule has 1 nitrogen and oxygen atoms in total. The van der Waals surface area contributed by atoms with Gasteiger partial charge >= 0.3 is 0 Å². The molecule has 0 amide bonds. The van der Waals surface area contributed by atoms with Gasteiger partial charge in [0.05, 0.1) is 5.75 Å². The summed E-state index contributed by atoms with van der Waals surface area (Å²) < 4.78 is 1.07. The van der Waals surface area contributed by atoms with Gasteiger partial charge in [-0.15, -0.1) is 11.8 Å². The summed E-state index contributed by atoms with van der Waals surface area (Å²) in [5.74, 6) is 0.950. The Hall–Kier alpha value is -0.280. The van der Waals surface area contributed by atoms with Crippen LogP contribution in [0.3, 0.4) is 0 Å². The van der Waals surface area contributed by atoms with Crippen LogP contribution in [0.1, 0.15) is 26.2 Å². The Morgan fingerprint density at radius 2 is 2.00 bits per heavy atom. The van der Waals surface area contributed by atoms with Gasteiger partial charge in [-0.05, 0) is 30.7 Å². The van der Waals surface area contributed by atoms with Gasteiger partial charge in [-0.3, -0.25) is 4.79 Å². The minimum absolute atomic E-state index is 0.352. The first-order valence-electron chi connectivity index (χ1n) is 5.12. The van der Waals surface area contributed by atoms with Gasteiger partial charge in [0.2, 0.25) is 0 Å². The smallest absolute Gasteiger partial charge is 0.143 e. The molecular formula is C12H15BrOS. The van der Waals surface area contributed by atoms with E-state index in [4.69, 9.17) is 0 Å². The Morgan fingerprint density at radius 1 is 1.33 bits per heavy atom. The molecule has 0 radical (unpaired) electrons. The van der Waals surface area contributed by atoms with Crippen molar-refractivity contribution >= 4 is 33.5 Å². The van der Waals surface area contributed by atoms with Crippen molar-refractivity contribution in [2.24, 2.45) is 0 Å². The number of ketones is 1. The molecular weight excluding hydrogens is 272 g/mol. The summed E-state index contributed by atoms with van der Waals surface area (Å²) >= 11 is 5.00. The number of carbonyl (C=O) groups excluding carboxylic acids is 1. The molecule has 0 aliphatic rings. The van der Waals surface area contributed by atoms with Crippen LogP contribution in [0.2, 0.25) is 0 Å². The number of benzene rings is 1. The summed E-state index contributed by atoms with van der Waals surface area (Å²) in [5.41, 5.74) is 0. The Labute approximate surface area is 104 Å². The van der Waals surface area contributed by atoms with E-state index in [1.165, 1.54) is 0 Å². The number of hydrogen-bond donors (Lipinski definition) is 0. The Kier molecular flexibility index (Phi) is 6.03. The third-order valence-corrected chi connectivity index (χ3v) is 3.62. The fourth-order valence-electron chi connectivity index (χ4n) is 1.14. The number of carbonyl (C=O) groups is 1. The number of rotatable bonds is 6. The lowest BCUT2D eigenvalue weighted by molar-refractivity contribution is -0.116. The molecule has 0 N–H and O–H groups in total. The molecule has 0 aromatic heterocycles. The van der Waals surface area contributed by atoms with Crippen LogP contribution in [0.25, 0.3) is 0 Å². The first-order chi connectivity index (χ1) is 7.22. The van der Waals surface area contributed by atoms with Crippen molar-refractivity contribution < 1.29 is 4.79 Å². The molecule has 0 aliphatic heterocycles. The minimum Gasteiger partial charge on any atom is -0.299 e. The molecule has 0 bridgehead atoms. The summed E-state index contributed by atoms with van der Waals surface area (Å²) in [6.45, 7) is 2.11. The molecule has 0 fully saturated rings. The largest absolute Gasteiger partial charge is 0.299 e. The van der Waals surface area contributed by atoms with Crippen LogP contribution in [0.4, 0.5) is 0 Å². The number of unbranched alkanes of at least 4 members (excludes halogenated alkanes) is 1. The highest BCUT2D eigenvalue weighted by molar-refractivity contribution is 9.10. The number of thioether (sulfide) groups is 1. The minimum atomic E-state index is 0.352. The third kappa shape index (κ3) is 5.38. The summed E-state index contributed by atoms with van der Waals surface area (Å²) in [6.07, 6.45) is 2.83. The SMILES string of the molecule is CCCCC(=O)CSc1ccc(Br)cc1. The lowest BCUT2D eigenvalue weighted by Gasteiger charge is -2.01. The van der Waals surface area contributed by atoms with Crippen molar-refractivity contribution in [2.75, 3.05) is 5.75 Å². The zero-order chi connectivity index (χ0) is 11.1. The summed E-state index contributed by atoms with van der Waals surface area (Å²) in [5, 5.41) is 0. The van der Waals surface area contributed by atoms with Gasteiger partial charge < -0.3 is 0 Å². The molecule has 15 heavy (non-hydrogen) atoms. The van der Waals surface area contributed by atoms with E-state index in [1.54, 1.807) is 11.8 Å². The molecule has 0 spiro atoms. The molecule has 3 heteroatoms. The van der Waals surface area contributed by atoms with E-state index in [0.29, 0.717) is 11.5 Å². The first kappa shape index (κ1) is 12.8. The average molecular weight is 287 g/mol. The number of Topliss-reactive ketones (excluding diaryl/α,β-unsaturated/α-hetero) is 1. The van der Waals surface area contributed by atoms with Crippen molar-refractivity contribution in [1.29, 1.82) is 0 Å². The predicted octanol–water partition coefficient (Wildman–Crippen LogP) is 4.30. The second-order valence-electron chi connectivity index (χ2n) is 3.38. The van der Waals surface area contributed by atoms with E-state index < -0.39 is 0 Å². The molecule has 1 aromatic rings. The number of hydrogen-bond acceptors (Lipinski definition) is 2. The molecule has 0 heterocycles. The highest BCUT2D eigenvalue weighted by Crippen LogP contribution is 2.20. The molecule has 82 valence electrons. The third-order valence-electron chi connectivity index (χ3n) is 2.02. The molecule has 1 aromatic carbocycles. The van der Waals surface area contributed by atoms with Gasteiger partial charge in [-0.1, -0.05) is 29.3 Å². The van der Waals surface area contributed by atoms with Crippen molar-refractivity contribution in [2.45, 2.75) is 31.1 Å². The maximum absolute atomic E-state index is 11.4. The van der Waals surface area contributed by atoms with Crippen LogP contribution in [0, 0.1) is 0 Å². The highest BCUT2D eigenvalue weighted by Gasteiger charge is 2.02. The maximum Gasteiger partial charge on any atom is 0.143 e. The summed E-state index contributed by atoms with van der Waals surface area (Å²) in [6, 6.07) is 8.06. The Bertz CT molecular complexity index is 308. The topological polar surface area (TPSA) is 17.1 Å². The standard InChI is InChI=1S/C12H15BrOS/c1-2-3-4-11(14)9-15-12-7-5-10(13)6-8-12/h5-8H,2-4,9H2,1H3. The van der Waals surface area contributed by atoms with E-state index in [0.717, 1.165) is 28.6 Å². The predicted molar refractivity (Wildman–Crippen MR) is 69.4 cm³/mol. The van der Waals surface area contributed by atoms with Crippen LogP contribution < -0.4 is 0 Å². The lowest BCUT2D eigenvalue weighted by Crippen LogP contribution is -2.00. The summed E-state index contributed by atoms with van der Waals surface area (Å²) in [7, 11) is 0. The number of halogens is 1. The van der Waals surface area contributed by atoms with Gasteiger partial charge in [-0.2, -0.15) is 0 Å². The molecule has 0 aliphatic carbocycles. The quantitative estimate of drug-likeness (QED) is 0.726. The Balaban J connectivity index is 2.30. The van der Waals surface area contributed by atoms with Crippen molar-refractivity contribution in [1.82, 2.24) is 0 Å². The van der Waals surface area contributed by atoms with Gasteiger partial charge in [0, 0.05) is 15.8 Å². The van der Waals surface area contributed by atoms with Gasteiger partial charge in [0.1, 0.15) is 5.78 Å². The average Bonchev–Trinajstić information content (AvgIpc) is 2.25. The second-order valence-corrected chi connectivity index (χ2v) is 5.35. The second kappa shape index (κ2) is 7.07. The van der Waals surface area contributed by atoms with Gasteiger partial charge in [-0.25, -0.2) is 0 Å². The normalized spacial score (nSPS) is 10.3. The van der Waals surface area contributed by atoms with Crippen LogP contribution in [-0.2, 0) is 4.79 Å². The fourth-order valence-corrected chi connectivity index (χ4v) is 2.21. The lowest BCUT2D eigenvalue weighted by atomic mass is 10.2. The van der Waals surface area contributed by atoms with E-state index in [2.05, 4.69) is 22.9 Å². The zero-order valence-corrected chi connectivity index (χ0v) is 11.2. The van der Waals surface area contributed by atoms with Crippen molar-refractivity contribution in [3.63, 3.8) is 0 Å².